The lowest BCUT2D eigenvalue weighted by Crippen LogP contribution is -2.66. The van der Waals surface area contributed by atoms with E-state index in [0.29, 0.717) is 5.88 Å². The van der Waals surface area contributed by atoms with Crippen molar-refractivity contribution in [2.24, 2.45) is 21.7 Å². The zero-order valence-corrected chi connectivity index (χ0v) is 25.6. The standard InChI is InChI=1S/C29H47NO9S/c1-26(2,3)22(31)35-15-17-18(37-23(32)27(4,5)6)19(38-24(33)28(7,8)9)20(39-25(34)29(10,11)12)21(36-17)30-13-14-40-16-30/h13-14,17-21H,15-16H2,1-12H3/t17-,18-,19+,20-,21?/m1/s1/i1D,4D,7D,10D. The van der Waals surface area contributed by atoms with E-state index in [1.807, 2.05) is 0 Å². The van der Waals surface area contributed by atoms with Crippen molar-refractivity contribution in [2.75, 3.05) is 12.5 Å². The largest absolute Gasteiger partial charge is 0.462 e. The third-order valence-corrected chi connectivity index (χ3v) is 6.59. The summed E-state index contributed by atoms with van der Waals surface area (Å²) in [4.78, 5) is 54.7. The molecule has 0 aromatic carbocycles. The average molecular weight is 590 g/mol. The highest BCUT2D eigenvalue weighted by atomic mass is 32.2. The van der Waals surface area contributed by atoms with Crippen molar-refractivity contribution in [1.82, 2.24) is 4.90 Å². The molecule has 10 nitrogen and oxygen atoms in total. The van der Waals surface area contributed by atoms with Crippen molar-refractivity contribution < 1.29 is 48.3 Å². The maximum absolute atomic E-state index is 13.4. The highest BCUT2D eigenvalue weighted by Crippen LogP contribution is 2.36. The zero-order valence-electron chi connectivity index (χ0n) is 28.8. The fourth-order valence-corrected chi connectivity index (χ4v) is 4.09. The smallest absolute Gasteiger partial charge is 0.311 e. The van der Waals surface area contributed by atoms with Crippen LogP contribution in [0.5, 0.6) is 0 Å². The molecular formula is C29H47NO9S. The fourth-order valence-electron chi connectivity index (χ4n) is 3.35. The topological polar surface area (TPSA) is 118 Å². The van der Waals surface area contributed by atoms with Gasteiger partial charge in [-0.15, -0.1) is 11.8 Å². The summed E-state index contributed by atoms with van der Waals surface area (Å²) in [5.74, 6) is -2.75. The molecule has 2 aliphatic rings. The van der Waals surface area contributed by atoms with Crippen LogP contribution in [0.1, 0.15) is 88.5 Å². The number of esters is 4. The molecule has 0 aromatic rings. The quantitative estimate of drug-likeness (QED) is 0.318. The molecule has 1 saturated heterocycles. The summed E-state index contributed by atoms with van der Waals surface area (Å²) < 4.78 is 61.0. The molecular weight excluding hydrogens is 538 g/mol. The summed E-state index contributed by atoms with van der Waals surface area (Å²) in [6.07, 6.45) is -4.98. The molecule has 5 atom stereocenters. The Morgan fingerprint density at radius 3 is 1.68 bits per heavy atom. The van der Waals surface area contributed by atoms with Gasteiger partial charge in [-0.25, -0.2) is 0 Å². The van der Waals surface area contributed by atoms with Gasteiger partial charge in [-0.3, -0.25) is 19.2 Å². The number of rotatable bonds is 6. The average Bonchev–Trinajstić information content (AvgIpc) is 3.52. The molecule has 0 spiro atoms. The van der Waals surface area contributed by atoms with Crippen molar-refractivity contribution in [1.29, 1.82) is 0 Å². The lowest BCUT2D eigenvalue weighted by atomic mass is 9.92. The van der Waals surface area contributed by atoms with Gasteiger partial charge in [0.25, 0.3) is 0 Å². The normalized spacial score (nSPS) is 27.1. The first-order chi connectivity index (χ1) is 20.3. The lowest BCUT2D eigenvalue weighted by molar-refractivity contribution is -0.278. The van der Waals surface area contributed by atoms with Crippen molar-refractivity contribution >= 4 is 35.6 Å². The Hall–Kier alpha value is -2.27. The fraction of sp³-hybridized carbons (Fsp3) is 0.793. The summed E-state index contributed by atoms with van der Waals surface area (Å²) in [5.41, 5.74) is -4.97. The van der Waals surface area contributed by atoms with E-state index in [0.717, 1.165) is 0 Å². The molecule has 0 radical (unpaired) electrons. The Balaban J connectivity index is 2.70. The van der Waals surface area contributed by atoms with Gasteiger partial charge in [0.1, 0.15) is 12.7 Å². The summed E-state index contributed by atoms with van der Waals surface area (Å²) in [6.45, 7) is 10.5. The molecule has 228 valence electrons. The maximum Gasteiger partial charge on any atom is 0.311 e. The number of hydrogen-bond acceptors (Lipinski definition) is 11. The minimum absolute atomic E-state index is 0.252. The molecule has 2 heterocycles. The number of nitrogens with zero attached hydrogens (tertiary/aromatic N) is 1. The Labute approximate surface area is 248 Å². The molecule has 0 amide bonds. The van der Waals surface area contributed by atoms with Crippen LogP contribution in [0, 0.1) is 21.7 Å². The van der Waals surface area contributed by atoms with E-state index < -0.39 is 82.8 Å². The molecule has 1 fully saturated rings. The van der Waals surface area contributed by atoms with Gasteiger partial charge in [0.15, 0.2) is 24.5 Å². The maximum atomic E-state index is 13.4. The second kappa shape index (κ2) is 12.3. The Bertz CT molecular complexity index is 1090. The van der Waals surface area contributed by atoms with Crippen LogP contribution in [0.25, 0.3) is 0 Å². The monoisotopic (exact) mass is 589 g/mol. The van der Waals surface area contributed by atoms with Crippen molar-refractivity contribution in [3.63, 3.8) is 0 Å². The molecule has 40 heavy (non-hydrogen) atoms. The third-order valence-electron chi connectivity index (χ3n) is 5.83. The van der Waals surface area contributed by atoms with E-state index in [4.69, 9.17) is 29.2 Å². The van der Waals surface area contributed by atoms with Gasteiger partial charge in [0.05, 0.1) is 27.5 Å². The van der Waals surface area contributed by atoms with Crippen LogP contribution in [-0.4, -0.2) is 71.9 Å². The van der Waals surface area contributed by atoms with Gasteiger partial charge < -0.3 is 28.6 Å². The number of carbonyl (C=O) groups is 4. The van der Waals surface area contributed by atoms with Crippen LogP contribution in [0.15, 0.2) is 11.6 Å². The molecule has 2 aliphatic heterocycles. The van der Waals surface area contributed by atoms with Crippen LogP contribution in [0.4, 0.5) is 0 Å². The summed E-state index contributed by atoms with van der Waals surface area (Å²) >= 11 is 1.42. The van der Waals surface area contributed by atoms with Crippen molar-refractivity contribution in [3.8, 4) is 0 Å². The molecule has 0 saturated carbocycles. The predicted octanol–water partition coefficient (Wildman–Crippen LogP) is 4.65. The molecule has 1 unspecified atom stereocenters. The van der Waals surface area contributed by atoms with Gasteiger partial charge in [-0.1, -0.05) is 0 Å². The van der Waals surface area contributed by atoms with E-state index in [1.165, 1.54) is 53.3 Å². The Kier molecular flexibility index (Phi) is 8.58. The Morgan fingerprint density at radius 1 is 0.775 bits per heavy atom. The first kappa shape index (κ1) is 27.9. The van der Waals surface area contributed by atoms with Crippen molar-refractivity contribution in [2.45, 2.75) is 114 Å². The van der Waals surface area contributed by atoms with E-state index in [2.05, 4.69) is 0 Å². The van der Waals surface area contributed by atoms with Gasteiger partial charge in [0.2, 0.25) is 0 Å². The molecule has 0 aromatic heterocycles. The molecule has 0 aliphatic carbocycles. The van der Waals surface area contributed by atoms with Crippen LogP contribution >= 0.6 is 11.8 Å². The second-order valence-electron chi connectivity index (χ2n) is 12.9. The lowest BCUT2D eigenvalue weighted by Gasteiger charge is -2.48. The highest BCUT2D eigenvalue weighted by Gasteiger charge is 2.56. The van der Waals surface area contributed by atoms with Crippen LogP contribution < -0.4 is 0 Å². The van der Waals surface area contributed by atoms with E-state index >= 15 is 0 Å². The van der Waals surface area contributed by atoms with Crippen LogP contribution in [0.2, 0.25) is 0 Å². The predicted molar refractivity (Wildman–Crippen MR) is 151 cm³/mol. The molecule has 11 heteroatoms. The number of hydrogen-bond donors (Lipinski definition) is 0. The van der Waals surface area contributed by atoms with Gasteiger partial charge in [0, 0.05) is 11.7 Å². The molecule has 0 N–H and O–H groups in total. The number of ether oxygens (including phenoxy) is 5. The summed E-state index contributed by atoms with van der Waals surface area (Å²) in [5, 5.41) is 1.79. The zero-order chi connectivity index (χ0) is 33.7. The number of carbonyl (C=O) groups excluding carboxylic acids is 4. The minimum atomic E-state index is -1.49. The van der Waals surface area contributed by atoms with Gasteiger partial charge >= 0.3 is 23.9 Å². The third kappa shape index (κ3) is 8.86. The second-order valence-corrected chi connectivity index (χ2v) is 13.8. The number of thioether (sulfide) groups is 1. The summed E-state index contributed by atoms with van der Waals surface area (Å²) in [7, 11) is 0. The van der Waals surface area contributed by atoms with Crippen LogP contribution in [-0.2, 0) is 42.9 Å². The van der Waals surface area contributed by atoms with E-state index in [-0.39, 0.29) is 27.6 Å². The molecule has 0 bridgehead atoms. The summed E-state index contributed by atoms with van der Waals surface area (Å²) in [6, 6.07) is 0. The molecule has 2 rings (SSSR count). The highest BCUT2D eigenvalue weighted by molar-refractivity contribution is 8.02. The Morgan fingerprint density at radius 2 is 1.23 bits per heavy atom. The SMILES string of the molecule is [2H]CC(C)(C)C(=O)OC[C@H]1OC(N2C=CSC2)[C@H](OC(=O)C(C)(C)C[2H])[C@@H](OC(=O)C(C)(C)C[2H])[C@@H]1OC(=O)C(C)(C)C[2H]. The first-order valence-corrected chi connectivity index (χ1v) is 14.0. The van der Waals surface area contributed by atoms with Crippen LogP contribution in [0.3, 0.4) is 0 Å². The van der Waals surface area contributed by atoms with Gasteiger partial charge in [-0.05, 0) is 88.4 Å². The van der Waals surface area contributed by atoms with E-state index in [9.17, 15) is 19.2 Å². The van der Waals surface area contributed by atoms with E-state index in [1.54, 1.807) is 30.4 Å². The minimum Gasteiger partial charge on any atom is -0.462 e. The van der Waals surface area contributed by atoms with Crippen molar-refractivity contribution in [3.05, 3.63) is 11.6 Å². The first-order valence-electron chi connectivity index (χ1n) is 15.8. The van der Waals surface area contributed by atoms with Gasteiger partial charge in [-0.2, -0.15) is 0 Å².